The number of allylic oxidation sites excluding steroid dienone is 2. The van der Waals surface area contributed by atoms with E-state index in [1.807, 2.05) is 12.1 Å². The van der Waals surface area contributed by atoms with Gasteiger partial charge in [-0.3, -0.25) is 0 Å². The topological polar surface area (TPSA) is 27.7 Å². The number of ether oxygens (including phenoxy) is 3. The molecule has 1 fully saturated rings. The van der Waals surface area contributed by atoms with E-state index in [1.165, 1.54) is 22.3 Å². The number of rotatable bonds is 4. The first kappa shape index (κ1) is 18.5. The van der Waals surface area contributed by atoms with Crippen molar-refractivity contribution in [3.05, 3.63) is 107 Å². The molecule has 0 amide bonds. The van der Waals surface area contributed by atoms with Crippen molar-refractivity contribution in [1.82, 2.24) is 0 Å². The molecule has 4 atom stereocenters. The zero-order chi connectivity index (χ0) is 20.9. The fourth-order valence-corrected chi connectivity index (χ4v) is 5.57. The van der Waals surface area contributed by atoms with Crippen molar-refractivity contribution < 1.29 is 14.2 Å². The number of fused-ring (bicyclic) bond motifs is 8. The number of benzene rings is 3. The first-order valence-electron chi connectivity index (χ1n) is 10.7. The smallest absolute Gasteiger partial charge is 0.125 e. The predicted octanol–water partition coefficient (Wildman–Crippen LogP) is 6.24. The molecule has 2 heterocycles. The van der Waals surface area contributed by atoms with Crippen LogP contribution in [0.3, 0.4) is 0 Å². The van der Waals surface area contributed by atoms with Crippen molar-refractivity contribution in [3.63, 3.8) is 0 Å². The lowest BCUT2D eigenvalue weighted by Gasteiger charge is -2.34. The number of hydrogen-bond donors (Lipinski definition) is 0. The van der Waals surface area contributed by atoms with E-state index in [4.69, 9.17) is 14.2 Å². The van der Waals surface area contributed by atoms with Gasteiger partial charge in [0, 0.05) is 23.0 Å². The molecule has 0 radical (unpaired) electrons. The Balaban J connectivity index is 1.56. The Labute approximate surface area is 182 Å². The third-order valence-electron chi connectivity index (χ3n) is 6.86. The van der Waals surface area contributed by atoms with E-state index >= 15 is 0 Å². The lowest BCUT2D eigenvalue weighted by atomic mass is 9.67. The van der Waals surface area contributed by atoms with Gasteiger partial charge in [-0.25, -0.2) is 0 Å². The zero-order valence-corrected chi connectivity index (χ0v) is 17.6. The molecule has 0 saturated carbocycles. The Morgan fingerprint density at radius 2 is 1.26 bits per heavy atom. The standard InChI is InChI=1S/C28H24O3/c1-29-22-13-14-23(30-2)26-25(22)27-21-16-19(17-9-5-3-6-10-17)15-20(24(21)28(26)31-27)18-11-7-4-8-12-18/h3-16,21,24,27-28H,1-2H3/t21-,24+,27-,28+/m1/s1. The molecule has 31 heavy (non-hydrogen) atoms. The monoisotopic (exact) mass is 408 g/mol. The Kier molecular flexibility index (Phi) is 4.25. The SMILES string of the molecule is COc1ccc(OC)c2c1[C@H]1O[C@@H]2[C@@H]2C=C(c3ccccc3)C=C(c3ccccc3)[C@@H]21. The fourth-order valence-electron chi connectivity index (χ4n) is 5.57. The maximum atomic E-state index is 6.67. The molecule has 3 aliphatic rings. The van der Waals surface area contributed by atoms with Gasteiger partial charge in [0.25, 0.3) is 0 Å². The minimum Gasteiger partial charge on any atom is -0.496 e. The van der Waals surface area contributed by atoms with Gasteiger partial charge in [-0.15, -0.1) is 0 Å². The molecule has 0 spiro atoms. The minimum absolute atomic E-state index is 0.0406. The number of hydrogen-bond acceptors (Lipinski definition) is 3. The van der Waals surface area contributed by atoms with Crippen molar-refractivity contribution in [3.8, 4) is 11.5 Å². The van der Waals surface area contributed by atoms with Crippen molar-refractivity contribution in [2.45, 2.75) is 12.2 Å². The van der Waals surface area contributed by atoms with Gasteiger partial charge in [-0.1, -0.05) is 72.8 Å². The first-order chi connectivity index (χ1) is 15.3. The molecule has 1 aliphatic carbocycles. The second-order valence-electron chi connectivity index (χ2n) is 8.33. The van der Waals surface area contributed by atoms with Gasteiger partial charge >= 0.3 is 0 Å². The van der Waals surface area contributed by atoms with Crippen LogP contribution in [0.25, 0.3) is 11.1 Å². The van der Waals surface area contributed by atoms with Crippen LogP contribution in [0.4, 0.5) is 0 Å². The minimum atomic E-state index is -0.0462. The molecule has 154 valence electrons. The fraction of sp³-hybridized carbons (Fsp3) is 0.214. The Hall–Kier alpha value is -3.30. The van der Waals surface area contributed by atoms with Crippen LogP contribution in [0.15, 0.2) is 84.9 Å². The van der Waals surface area contributed by atoms with Gasteiger partial charge < -0.3 is 14.2 Å². The van der Waals surface area contributed by atoms with Crippen LogP contribution < -0.4 is 9.47 Å². The predicted molar refractivity (Wildman–Crippen MR) is 122 cm³/mol. The van der Waals surface area contributed by atoms with E-state index in [-0.39, 0.29) is 24.0 Å². The van der Waals surface area contributed by atoms with Gasteiger partial charge in [0.2, 0.25) is 0 Å². The maximum absolute atomic E-state index is 6.67. The van der Waals surface area contributed by atoms with Gasteiger partial charge in [-0.05, 0) is 34.4 Å². The van der Waals surface area contributed by atoms with E-state index < -0.39 is 0 Å². The Morgan fingerprint density at radius 3 is 1.87 bits per heavy atom. The van der Waals surface area contributed by atoms with Gasteiger partial charge in [0.1, 0.15) is 11.5 Å². The summed E-state index contributed by atoms with van der Waals surface area (Å²) in [6, 6.07) is 25.3. The van der Waals surface area contributed by atoms with Gasteiger partial charge in [-0.2, -0.15) is 0 Å². The molecular formula is C28H24O3. The summed E-state index contributed by atoms with van der Waals surface area (Å²) in [5, 5.41) is 0. The van der Waals surface area contributed by atoms with Crippen LogP contribution in [0.1, 0.15) is 34.5 Å². The third-order valence-corrected chi connectivity index (χ3v) is 6.86. The van der Waals surface area contributed by atoms with E-state index in [0.717, 1.165) is 22.6 Å². The van der Waals surface area contributed by atoms with Crippen LogP contribution in [-0.4, -0.2) is 14.2 Å². The van der Waals surface area contributed by atoms with Crippen LogP contribution in [-0.2, 0) is 4.74 Å². The zero-order valence-electron chi connectivity index (χ0n) is 17.6. The highest BCUT2D eigenvalue weighted by atomic mass is 16.5. The van der Waals surface area contributed by atoms with E-state index in [1.54, 1.807) is 14.2 Å². The lowest BCUT2D eigenvalue weighted by Crippen LogP contribution is -2.25. The Morgan fingerprint density at radius 1 is 0.677 bits per heavy atom. The van der Waals surface area contributed by atoms with Crippen molar-refractivity contribution >= 4 is 11.1 Å². The summed E-state index contributed by atoms with van der Waals surface area (Å²) in [6.45, 7) is 0. The average Bonchev–Trinajstić information content (AvgIpc) is 3.42. The molecule has 0 aromatic heterocycles. The second kappa shape index (κ2) is 7.14. The van der Waals surface area contributed by atoms with Crippen molar-refractivity contribution in [1.29, 1.82) is 0 Å². The summed E-state index contributed by atoms with van der Waals surface area (Å²) in [5.74, 6) is 2.25. The maximum Gasteiger partial charge on any atom is 0.125 e. The summed E-state index contributed by atoms with van der Waals surface area (Å²) in [5.41, 5.74) is 7.35. The Bertz CT molecular complexity index is 1190. The molecule has 3 aromatic carbocycles. The molecule has 2 bridgehead atoms. The molecular weight excluding hydrogens is 384 g/mol. The van der Waals surface area contributed by atoms with Crippen LogP contribution in [0, 0.1) is 11.8 Å². The summed E-state index contributed by atoms with van der Waals surface area (Å²) in [7, 11) is 3.46. The molecule has 3 heteroatoms. The molecule has 1 saturated heterocycles. The normalized spacial score (nSPS) is 25.4. The molecule has 0 unspecified atom stereocenters. The lowest BCUT2D eigenvalue weighted by molar-refractivity contribution is 0.0594. The van der Waals surface area contributed by atoms with Crippen molar-refractivity contribution in [2.24, 2.45) is 11.8 Å². The second-order valence-corrected chi connectivity index (χ2v) is 8.33. The molecule has 2 aliphatic heterocycles. The summed E-state index contributed by atoms with van der Waals surface area (Å²) in [4.78, 5) is 0. The van der Waals surface area contributed by atoms with Gasteiger partial charge in [0.15, 0.2) is 0 Å². The van der Waals surface area contributed by atoms with E-state index in [9.17, 15) is 0 Å². The highest BCUT2D eigenvalue weighted by Crippen LogP contribution is 2.66. The van der Waals surface area contributed by atoms with Crippen LogP contribution in [0.2, 0.25) is 0 Å². The quantitative estimate of drug-likeness (QED) is 0.511. The molecule has 3 nitrogen and oxygen atoms in total. The highest BCUT2D eigenvalue weighted by Gasteiger charge is 2.56. The van der Waals surface area contributed by atoms with Crippen LogP contribution in [0.5, 0.6) is 11.5 Å². The summed E-state index contributed by atoms with van der Waals surface area (Å²) in [6.07, 6.45) is 4.66. The van der Waals surface area contributed by atoms with Crippen LogP contribution >= 0.6 is 0 Å². The van der Waals surface area contributed by atoms with E-state index in [0.29, 0.717) is 0 Å². The third kappa shape index (κ3) is 2.70. The average molecular weight is 408 g/mol. The highest BCUT2D eigenvalue weighted by molar-refractivity contribution is 5.88. The van der Waals surface area contributed by atoms with Crippen molar-refractivity contribution in [2.75, 3.05) is 14.2 Å². The summed E-state index contributed by atoms with van der Waals surface area (Å²) >= 11 is 0. The van der Waals surface area contributed by atoms with Gasteiger partial charge in [0.05, 0.1) is 26.4 Å². The van der Waals surface area contributed by atoms with E-state index in [2.05, 4.69) is 72.8 Å². The largest absolute Gasteiger partial charge is 0.496 e. The summed E-state index contributed by atoms with van der Waals surface area (Å²) < 4.78 is 18.2. The number of methoxy groups -OCH3 is 2. The first-order valence-corrected chi connectivity index (χ1v) is 10.7. The molecule has 6 rings (SSSR count). The molecule has 0 N–H and O–H groups in total. The molecule has 3 aromatic rings.